The van der Waals surface area contributed by atoms with E-state index >= 15 is 0 Å². The smallest absolute Gasteiger partial charge is 0.139 e. The second-order valence-electron chi connectivity index (χ2n) is 5.66. The Kier molecular flexibility index (Phi) is 2.54. The van der Waals surface area contributed by atoms with Gasteiger partial charge in [-0.25, -0.2) is 0 Å². The van der Waals surface area contributed by atoms with Gasteiger partial charge in [-0.15, -0.1) is 0 Å². The van der Waals surface area contributed by atoms with Crippen molar-refractivity contribution in [2.45, 2.75) is 46.6 Å². The molecule has 0 spiro atoms. The fraction of sp³-hybridized carbons (Fsp3) is 0.909. The molecule has 1 saturated heterocycles. The molecule has 76 valence electrons. The van der Waals surface area contributed by atoms with Crippen molar-refractivity contribution in [2.24, 2.45) is 5.41 Å². The molecule has 0 aromatic carbocycles. The molecule has 1 aliphatic heterocycles. The summed E-state index contributed by atoms with van der Waals surface area (Å²) in [7, 11) is 0. The second-order valence-corrected chi connectivity index (χ2v) is 5.66. The minimum Gasteiger partial charge on any atom is -0.299 e. The molecule has 1 atom stereocenters. The summed E-state index contributed by atoms with van der Waals surface area (Å²) in [5, 5.41) is 0. The zero-order chi connectivity index (χ0) is 10.3. The molecule has 0 saturated carbocycles. The van der Waals surface area contributed by atoms with Crippen molar-refractivity contribution in [3.8, 4) is 0 Å². The van der Waals surface area contributed by atoms with Gasteiger partial charge in [-0.2, -0.15) is 0 Å². The molecule has 1 heterocycles. The standard InChI is InChI=1S/C11H21NO/c1-10(2,3)9(13)6-7-12-8-11(12,4)5/h6-8H2,1-5H3. The van der Waals surface area contributed by atoms with Crippen LogP contribution < -0.4 is 0 Å². The molecule has 0 aromatic heterocycles. The van der Waals surface area contributed by atoms with E-state index in [4.69, 9.17) is 0 Å². The lowest BCUT2D eigenvalue weighted by Crippen LogP contribution is -2.23. The molecule has 0 aromatic rings. The van der Waals surface area contributed by atoms with Crippen LogP contribution in [0.1, 0.15) is 41.0 Å². The number of hydrogen-bond donors (Lipinski definition) is 0. The van der Waals surface area contributed by atoms with E-state index < -0.39 is 0 Å². The number of ketones is 1. The number of carbonyl (C=O) groups excluding carboxylic acids is 1. The van der Waals surface area contributed by atoms with Gasteiger partial charge in [0.15, 0.2) is 0 Å². The van der Waals surface area contributed by atoms with Gasteiger partial charge in [-0.05, 0) is 13.8 Å². The average molecular weight is 183 g/mol. The summed E-state index contributed by atoms with van der Waals surface area (Å²) in [5.41, 5.74) is 0.193. The molecule has 0 radical (unpaired) electrons. The molecule has 0 bridgehead atoms. The minimum atomic E-state index is -0.167. The van der Waals surface area contributed by atoms with Gasteiger partial charge >= 0.3 is 0 Å². The lowest BCUT2D eigenvalue weighted by atomic mass is 9.89. The highest BCUT2D eigenvalue weighted by Gasteiger charge is 2.42. The number of hydrogen-bond acceptors (Lipinski definition) is 2. The van der Waals surface area contributed by atoms with Crippen LogP contribution in [0, 0.1) is 5.41 Å². The molecule has 0 amide bonds. The predicted molar refractivity (Wildman–Crippen MR) is 54.7 cm³/mol. The van der Waals surface area contributed by atoms with E-state index in [1.54, 1.807) is 0 Å². The molecular formula is C11H21NO. The van der Waals surface area contributed by atoms with Crippen LogP contribution in [0.5, 0.6) is 0 Å². The van der Waals surface area contributed by atoms with Crippen molar-refractivity contribution < 1.29 is 4.79 Å². The van der Waals surface area contributed by atoms with Crippen LogP contribution in [0.15, 0.2) is 0 Å². The van der Waals surface area contributed by atoms with Crippen LogP contribution in [0.4, 0.5) is 0 Å². The zero-order valence-corrected chi connectivity index (χ0v) is 9.48. The molecular weight excluding hydrogens is 162 g/mol. The lowest BCUT2D eigenvalue weighted by Gasteiger charge is -2.17. The van der Waals surface area contributed by atoms with Gasteiger partial charge < -0.3 is 0 Å². The fourth-order valence-corrected chi connectivity index (χ4v) is 1.42. The summed E-state index contributed by atoms with van der Waals surface area (Å²) in [4.78, 5) is 13.9. The van der Waals surface area contributed by atoms with Crippen molar-refractivity contribution in [1.29, 1.82) is 0 Å². The molecule has 13 heavy (non-hydrogen) atoms. The van der Waals surface area contributed by atoms with Crippen molar-refractivity contribution in [1.82, 2.24) is 4.90 Å². The SMILES string of the molecule is CC(C)(C)C(=O)CCN1CC1(C)C. The van der Waals surface area contributed by atoms with Crippen LogP contribution in [0.25, 0.3) is 0 Å². The normalized spacial score (nSPS) is 25.8. The van der Waals surface area contributed by atoms with E-state index in [1.807, 2.05) is 20.8 Å². The van der Waals surface area contributed by atoms with Crippen LogP contribution in [0.3, 0.4) is 0 Å². The first-order chi connectivity index (χ1) is 5.73. The van der Waals surface area contributed by atoms with Crippen LogP contribution >= 0.6 is 0 Å². The maximum atomic E-state index is 11.6. The Bertz CT molecular complexity index is 213. The third kappa shape index (κ3) is 2.80. The molecule has 0 aliphatic carbocycles. The molecule has 1 unspecified atom stereocenters. The van der Waals surface area contributed by atoms with Gasteiger partial charge in [0.25, 0.3) is 0 Å². The molecule has 1 aliphatic rings. The number of nitrogens with zero attached hydrogens (tertiary/aromatic N) is 1. The molecule has 1 rings (SSSR count). The third-order valence-corrected chi connectivity index (χ3v) is 2.78. The molecule has 2 nitrogen and oxygen atoms in total. The van der Waals surface area contributed by atoms with Crippen LogP contribution in [-0.4, -0.2) is 29.3 Å². The second kappa shape index (κ2) is 3.09. The zero-order valence-electron chi connectivity index (χ0n) is 9.48. The van der Waals surface area contributed by atoms with E-state index in [2.05, 4.69) is 18.7 Å². The number of Topliss-reactive ketones (excluding diaryl/α,β-unsaturated/α-hetero) is 1. The Morgan fingerprint density at radius 1 is 1.38 bits per heavy atom. The average Bonchev–Trinajstić information content (AvgIpc) is 2.52. The van der Waals surface area contributed by atoms with E-state index in [1.165, 1.54) is 0 Å². The summed E-state index contributed by atoms with van der Waals surface area (Å²) in [5.74, 6) is 0.371. The topological polar surface area (TPSA) is 20.1 Å². The Morgan fingerprint density at radius 2 is 1.85 bits per heavy atom. The summed E-state index contributed by atoms with van der Waals surface area (Å²) < 4.78 is 0. The number of rotatable bonds is 3. The highest BCUT2D eigenvalue weighted by atomic mass is 16.1. The molecule has 1 fully saturated rings. The predicted octanol–water partition coefficient (Wildman–Crippen LogP) is 2.09. The first-order valence-electron chi connectivity index (χ1n) is 5.02. The van der Waals surface area contributed by atoms with Gasteiger partial charge in [0.1, 0.15) is 5.78 Å². The fourth-order valence-electron chi connectivity index (χ4n) is 1.42. The molecule has 2 heteroatoms. The van der Waals surface area contributed by atoms with Crippen molar-refractivity contribution in [2.75, 3.05) is 13.1 Å². The van der Waals surface area contributed by atoms with E-state index in [0.29, 0.717) is 17.7 Å². The van der Waals surface area contributed by atoms with Crippen molar-refractivity contribution in [3.05, 3.63) is 0 Å². The maximum Gasteiger partial charge on any atom is 0.139 e. The van der Waals surface area contributed by atoms with Gasteiger partial charge in [0.2, 0.25) is 0 Å². The monoisotopic (exact) mass is 183 g/mol. The van der Waals surface area contributed by atoms with Crippen LogP contribution in [0.2, 0.25) is 0 Å². The van der Waals surface area contributed by atoms with Gasteiger partial charge in [0, 0.05) is 30.5 Å². The Morgan fingerprint density at radius 3 is 2.15 bits per heavy atom. The summed E-state index contributed by atoms with van der Waals surface area (Å²) in [6.45, 7) is 12.5. The van der Waals surface area contributed by atoms with Crippen LogP contribution in [-0.2, 0) is 4.79 Å². The van der Waals surface area contributed by atoms with E-state index in [9.17, 15) is 4.79 Å². The first-order valence-corrected chi connectivity index (χ1v) is 5.02. The van der Waals surface area contributed by atoms with Gasteiger partial charge in [-0.1, -0.05) is 20.8 Å². The highest BCUT2D eigenvalue weighted by molar-refractivity contribution is 5.83. The minimum absolute atomic E-state index is 0.167. The molecule has 0 N–H and O–H groups in total. The summed E-state index contributed by atoms with van der Waals surface area (Å²) in [6, 6.07) is 0. The quantitative estimate of drug-likeness (QED) is 0.624. The largest absolute Gasteiger partial charge is 0.299 e. The van der Waals surface area contributed by atoms with E-state index in [0.717, 1.165) is 13.1 Å². The van der Waals surface area contributed by atoms with E-state index in [-0.39, 0.29) is 5.41 Å². The van der Waals surface area contributed by atoms with Crippen molar-refractivity contribution >= 4 is 5.78 Å². The summed E-state index contributed by atoms with van der Waals surface area (Å²) in [6.07, 6.45) is 0.701. The van der Waals surface area contributed by atoms with Crippen molar-refractivity contribution in [3.63, 3.8) is 0 Å². The van der Waals surface area contributed by atoms with Gasteiger partial charge in [-0.3, -0.25) is 9.69 Å². The van der Waals surface area contributed by atoms with Gasteiger partial charge in [0.05, 0.1) is 0 Å². The third-order valence-electron chi connectivity index (χ3n) is 2.78. The Labute approximate surface area is 81.3 Å². The Hall–Kier alpha value is -0.370. The summed E-state index contributed by atoms with van der Waals surface area (Å²) >= 11 is 0. The number of carbonyl (C=O) groups is 1. The lowest BCUT2D eigenvalue weighted by molar-refractivity contribution is -0.126. The maximum absolute atomic E-state index is 11.6. The highest BCUT2D eigenvalue weighted by Crippen LogP contribution is 2.31. The Balaban J connectivity index is 2.25. The first kappa shape index (κ1) is 10.7.